The molecule has 0 fully saturated rings. The Morgan fingerprint density at radius 1 is 1.69 bits per heavy atom. The van der Waals surface area contributed by atoms with Gasteiger partial charge >= 0.3 is 0 Å². The number of carbonyl (C=O) groups is 1. The SMILES string of the molecule is CCCC(C)(N)C(=O)Nc1ccnc(Cl)c1. The van der Waals surface area contributed by atoms with Crippen molar-refractivity contribution in [2.75, 3.05) is 5.32 Å². The van der Waals surface area contributed by atoms with E-state index >= 15 is 0 Å². The molecule has 1 aromatic heterocycles. The Kier molecular flexibility index (Phi) is 4.26. The number of nitrogens with zero attached hydrogens (tertiary/aromatic N) is 1. The highest BCUT2D eigenvalue weighted by Crippen LogP contribution is 2.15. The first-order valence-electron chi connectivity index (χ1n) is 5.17. The molecule has 1 rings (SSSR count). The van der Waals surface area contributed by atoms with Gasteiger partial charge in [-0.1, -0.05) is 24.9 Å². The molecule has 3 N–H and O–H groups in total. The highest BCUT2D eigenvalue weighted by atomic mass is 35.5. The summed E-state index contributed by atoms with van der Waals surface area (Å²) >= 11 is 5.71. The van der Waals surface area contributed by atoms with Crippen molar-refractivity contribution >= 4 is 23.2 Å². The fourth-order valence-electron chi connectivity index (χ4n) is 1.39. The highest BCUT2D eigenvalue weighted by Gasteiger charge is 2.27. The molecule has 1 aromatic rings. The number of nitrogens with two attached hydrogens (primary N) is 1. The van der Waals surface area contributed by atoms with E-state index in [9.17, 15) is 4.79 Å². The fourth-order valence-corrected chi connectivity index (χ4v) is 1.56. The van der Waals surface area contributed by atoms with Crippen LogP contribution in [0.2, 0.25) is 5.15 Å². The van der Waals surface area contributed by atoms with Crippen molar-refractivity contribution < 1.29 is 4.79 Å². The molecule has 5 heteroatoms. The molecule has 4 nitrogen and oxygen atoms in total. The van der Waals surface area contributed by atoms with Crippen LogP contribution < -0.4 is 11.1 Å². The molecular weight excluding hydrogens is 226 g/mol. The molecule has 0 aliphatic rings. The lowest BCUT2D eigenvalue weighted by Gasteiger charge is -2.22. The normalized spacial score (nSPS) is 14.2. The van der Waals surface area contributed by atoms with Gasteiger partial charge in [-0.3, -0.25) is 4.79 Å². The van der Waals surface area contributed by atoms with Crippen molar-refractivity contribution in [2.24, 2.45) is 5.73 Å². The maximum absolute atomic E-state index is 11.8. The summed E-state index contributed by atoms with van der Waals surface area (Å²) in [5, 5.41) is 3.06. The minimum absolute atomic E-state index is 0.211. The summed E-state index contributed by atoms with van der Waals surface area (Å²) in [6.07, 6.45) is 3.03. The quantitative estimate of drug-likeness (QED) is 0.794. The molecule has 1 unspecified atom stereocenters. The maximum atomic E-state index is 11.8. The van der Waals surface area contributed by atoms with Gasteiger partial charge in [0.2, 0.25) is 5.91 Å². The zero-order valence-corrected chi connectivity index (χ0v) is 10.2. The van der Waals surface area contributed by atoms with Crippen LogP contribution in [0.1, 0.15) is 26.7 Å². The Morgan fingerprint density at radius 2 is 2.38 bits per heavy atom. The summed E-state index contributed by atoms with van der Waals surface area (Å²) in [6.45, 7) is 3.70. The van der Waals surface area contributed by atoms with Crippen molar-refractivity contribution in [2.45, 2.75) is 32.2 Å². The number of hydrogen-bond donors (Lipinski definition) is 2. The molecule has 0 aromatic carbocycles. The zero-order valence-electron chi connectivity index (χ0n) is 9.46. The molecule has 0 radical (unpaired) electrons. The van der Waals surface area contributed by atoms with E-state index in [-0.39, 0.29) is 5.91 Å². The number of pyridine rings is 1. The lowest BCUT2D eigenvalue weighted by molar-refractivity contribution is -0.120. The molecule has 0 saturated heterocycles. The van der Waals surface area contributed by atoms with Gasteiger partial charge < -0.3 is 11.1 Å². The standard InChI is InChI=1S/C11H16ClN3O/c1-3-5-11(2,13)10(16)15-8-4-6-14-9(12)7-8/h4,6-7H,3,5,13H2,1-2H3,(H,14,15,16). The largest absolute Gasteiger partial charge is 0.324 e. The van der Waals surface area contributed by atoms with Crippen LogP contribution in [-0.2, 0) is 4.79 Å². The highest BCUT2D eigenvalue weighted by molar-refractivity contribution is 6.29. The van der Waals surface area contributed by atoms with Gasteiger partial charge in [0.05, 0.1) is 5.54 Å². The van der Waals surface area contributed by atoms with Crippen LogP contribution in [0, 0.1) is 0 Å². The van der Waals surface area contributed by atoms with Crippen LogP contribution in [0.3, 0.4) is 0 Å². The Morgan fingerprint density at radius 3 is 2.94 bits per heavy atom. The molecule has 88 valence electrons. The van der Waals surface area contributed by atoms with Gasteiger partial charge in [0, 0.05) is 11.9 Å². The number of carbonyl (C=O) groups excluding carboxylic acids is 1. The average molecular weight is 242 g/mol. The van der Waals surface area contributed by atoms with Crippen LogP contribution in [0.25, 0.3) is 0 Å². The molecule has 0 saturated carbocycles. The van der Waals surface area contributed by atoms with Crippen molar-refractivity contribution in [3.63, 3.8) is 0 Å². The van der Waals surface area contributed by atoms with Crippen molar-refractivity contribution in [3.8, 4) is 0 Å². The number of amides is 1. The Bertz CT molecular complexity index is 379. The van der Waals surface area contributed by atoms with Gasteiger partial charge in [0.25, 0.3) is 0 Å². The molecule has 0 aliphatic carbocycles. The van der Waals surface area contributed by atoms with Gasteiger partial charge in [-0.25, -0.2) is 4.98 Å². The molecule has 0 bridgehead atoms. The van der Waals surface area contributed by atoms with E-state index in [1.165, 1.54) is 6.20 Å². The van der Waals surface area contributed by atoms with Gasteiger partial charge in [-0.05, 0) is 25.5 Å². The minimum Gasteiger partial charge on any atom is -0.324 e. The van der Waals surface area contributed by atoms with E-state index in [1.807, 2.05) is 6.92 Å². The van der Waals surface area contributed by atoms with Crippen molar-refractivity contribution in [1.29, 1.82) is 0 Å². The maximum Gasteiger partial charge on any atom is 0.244 e. The summed E-state index contributed by atoms with van der Waals surface area (Å²) in [5.74, 6) is -0.211. The van der Waals surface area contributed by atoms with E-state index in [0.29, 0.717) is 17.3 Å². The van der Waals surface area contributed by atoms with Crippen LogP contribution in [0.15, 0.2) is 18.3 Å². The summed E-state index contributed by atoms with van der Waals surface area (Å²) in [6, 6.07) is 3.26. The summed E-state index contributed by atoms with van der Waals surface area (Å²) in [7, 11) is 0. The van der Waals surface area contributed by atoms with Gasteiger partial charge in [0.1, 0.15) is 5.15 Å². The first kappa shape index (κ1) is 12.9. The third kappa shape index (κ3) is 3.47. The summed E-state index contributed by atoms with van der Waals surface area (Å²) in [5.41, 5.74) is 5.65. The fraction of sp³-hybridized carbons (Fsp3) is 0.455. The second kappa shape index (κ2) is 5.27. The predicted molar refractivity (Wildman–Crippen MR) is 65.4 cm³/mol. The second-order valence-corrected chi connectivity index (χ2v) is 4.38. The predicted octanol–water partition coefficient (Wildman–Crippen LogP) is 2.19. The smallest absolute Gasteiger partial charge is 0.244 e. The summed E-state index contributed by atoms with van der Waals surface area (Å²) < 4.78 is 0. The first-order chi connectivity index (χ1) is 7.45. The molecule has 0 spiro atoms. The van der Waals surface area contributed by atoms with Gasteiger partial charge in [-0.2, -0.15) is 0 Å². The number of anilines is 1. The number of aromatic nitrogens is 1. The second-order valence-electron chi connectivity index (χ2n) is 3.99. The van der Waals surface area contributed by atoms with Crippen molar-refractivity contribution in [3.05, 3.63) is 23.5 Å². The number of hydrogen-bond acceptors (Lipinski definition) is 3. The van der Waals surface area contributed by atoms with Crippen LogP contribution in [-0.4, -0.2) is 16.4 Å². The van der Waals surface area contributed by atoms with Crippen LogP contribution in [0.5, 0.6) is 0 Å². The number of rotatable bonds is 4. The minimum atomic E-state index is -0.857. The van der Waals surface area contributed by atoms with E-state index in [1.54, 1.807) is 19.1 Å². The zero-order chi connectivity index (χ0) is 12.2. The Hall–Kier alpha value is -1.13. The Labute approximate surface area is 100 Å². The third-order valence-electron chi connectivity index (χ3n) is 2.27. The lowest BCUT2D eigenvalue weighted by atomic mass is 9.96. The molecule has 1 atom stereocenters. The summed E-state index contributed by atoms with van der Waals surface area (Å²) in [4.78, 5) is 15.7. The lowest BCUT2D eigenvalue weighted by Crippen LogP contribution is -2.48. The number of nitrogens with one attached hydrogen (secondary N) is 1. The molecule has 1 heterocycles. The Balaban J connectivity index is 2.71. The van der Waals surface area contributed by atoms with E-state index < -0.39 is 5.54 Å². The molecule has 0 aliphatic heterocycles. The monoisotopic (exact) mass is 241 g/mol. The van der Waals surface area contributed by atoms with Gasteiger partial charge in [0.15, 0.2) is 0 Å². The first-order valence-corrected chi connectivity index (χ1v) is 5.55. The van der Waals surface area contributed by atoms with Crippen LogP contribution >= 0.6 is 11.6 Å². The topological polar surface area (TPSA) is 68.0 Å². The van der Waals surface area contributed by atoms with Crippen LogP contribution in [0.4, 0.5) is 5.69 Å². The average Bonchev–Trinajstić information content (AvgIpc) is 2.17. The van der Waals surface area contributed by atoms with Gasteiger partial charge in [-0.15, -0.1) is 0 Å². The van der Waals surface area contributed by atoms with E-state index in [2.05, 4.69) is 10.3 Å². The molecule has 1 amide bonds. The van der Waals surface area contributed by atoms with Crippen molar-refractivity contribution in [1.82, 2.24) is 4.98 Å². The molecular formula is C11H16ClN3O. The van der Waals surface area contributed by atoms with E-state index in [0.717, 1.165) is 6.42 Å². The van der Waals surface area contributed by atoms with E-state index in [4.69, 9.17) is 17.3 Å². The molecule has 16 heavy (non-hydrogen) atoms. The third-order valence-corrected chi connectivity index (χ3v) is 2.48. The number of halogens is 1.